The molecule has 0 aromatic heterocycles. The second kappa shape index (κ2) is 7.95. The van der Waals surface area contributed by atoms with Crippen LogP contribution in [0.25, 0.3) is 0 Å². The number of ether oxygens (including phenoxy) is 1. The summed E-state index contributed by atoms with van der Waals surface area (Å²) in [6.07, 6.45) is 0.368. The molecule has 1 saturated heterocycles. The van der Waals surface area contributed by atoms with Crippen LogP contribution in [0.5, 0.6) is 0 Å². The highest BCUT2D eigenvalue weighted by atomic mass is 16.5. The smallest absolute Gasteiger partial charge is 0.308 e. The Hall–Kier alpha value is -2.37. The number of rotatable bonds is 5. The maximum Gasteiger partial charge on any atom is 0.308 e. The van der Waals surface area contributed by atoms with Gasteiger partial charge in [0.1, 0.15) is 6.04 Å². The van der Waals surface area contributed by atoms with Gasteiger partial charge in [-0.05, 0) is 31.9 Å². The number of amides is 2. The third-order valence-electron chi connectivity index (χ3n) is 4.23. The number of carbonyl (C=O) groups excluding carboxylic acids is 3. The van der Waals surface area contributed by atoms with E-state index in [1.54, 1.807) is 19.1 Å². The van der Waals surface area contributed by atoms with Gasteiger partial charge in [-0.3, -0.25) is 14.4 Å². The summed E-state index contributed by atoms with van der Waals surface area (Å²) >= 11 is 0. The lowest BCUT2D eigenvalue weighted by Crippen LogP contribution is -2.58. The van der Waals surface area contributed by atoms with Crippen LogP contribution in [0.4, 0.5) is 0 Å². The molecule has 2 rings (SSSR count). The number of nitrogens with one attached hydrogen (secondary N) is 1. The molecule has 6 heteroatoms. The fraction of sp³-hybridized carbons (Fsp3) is 0.500. The molecular weight excluding hydrogens is 308 g/mol. The van der Waals surface area contributed by atoms with Crippen molar-refractivity contribution in [3.8, 4) is 0 Å². The molecule has 0 bridgehead atoms. The summed E-state index contributed by atoms with van der Waals surface area (Å²) in [6.45, 7) is 6.32. The summed E-state index contributed by atoms with van der Waals surface area (Å²) in [4.78, 5) is 38.6. The Balaban J connectivity index is 2.17. The van der Waals surface area contributed by atoms with Crippen molar-refractivity contribution in [1.82, 2.24) is 10.2 Å². The third kappa shape index (κ3) is 4.13. The quantitative estimate of drug-likeness (QED) is 0.832. The minimum absolute atomic E-state index is 0.131. The van der Waals surface area contributed by atoms with Gasteiger partial charge in [0.2, 0.25) is 5.91 Å². The monoisotopic (exact) mass is 332 g/mol. The van der Waals surface area contributed by atoms with E-state index in [2.05, 4.69) is 5.32 Å². The Morgan fingerprint density at radius 2 is 2.08 bits per heavy atom. The van der Waals surface area contributed by atoms with Crippen molar-refractivity contribution in [2.24, 2.45) is 0 Å². The second-order valence-electron chi connectivity index (χ2n) is 6.03. The van der Waals surface area contributed by atoms with E-state index in [0.717, 1.165) is 5.56 Å². The van der Waals surface area contributed by atoms with Crippen molar-refractivity contribution in [3.63, 3.8) is 0 Å². The van der Waals surface area contributed by atoms with Crippen molar-refractivity contribution < 1.29 is 19.1 Å². The average Bonchev–Trinajstić information content (AvgIpc) is 2.56. The largest absolute Gasteiger partial charge is 0.463 e. The molecule has 1 N–H and O–H groups in total. The molecule has 130 valence electrons. The average molecular weight is 332 g/mol. The van der Waals surface area contributed by atoms with Crippen molar-refractivity contribution in [2.75, 3.05) is 13.1 Å². The first-order valence-electron chi connectivity index (χ1n) is 8.27. The predicted octanol–water partition coefficient (Wildman–Crippen LogP) is 1.67. The number of esters is 1. The first-order chi connectivity index (χ1) is 11.4. The Labute approximate surface area is 142 Å². The summed E-state index contributed by atoms with van der Waals surface area (Å²) in [7, 11) is 0. The van der Waals surface area contributed by atoms with Crippen LogP contribution >= 0.6 is 0 Å². The normalized spacial score (nSPS) is 18.7. The Morgan fingerprint density at radius 3 is 2.75 bits per heavy atom. The molecule has 2 atom stereocenters. The summed E-state index contributed by atoms with van der Waals surface area (Å²) in [5.41, 5.74) is 1.39. The van der Waals surface area contributed by atoms with Crippen molar-refractivity contribution in [1.29, 1.82) is 0 Å². The number of piperazine rings is 1. The van der Waals surface area contributed by atoms with Gasteiger partial charge in [0, 0.05) is 18.7 Å². The minimum Gasteiger partial charge on any atom is -0.463 e. The van der Waals surface area contributed by atoms with E-state index >= 15 is 0 Å². The van der Waals surface area contributed by atoms with Gasteiger partial charge in [0.05, 0.1) is 12.5 Å². The van der Waals surface area contributed by atoms with Crippen LogP contribution in [0.1, 0.15) is 42.6 Å². The molecule has 0 saturated carbocycles. The molecular formula is C18H24N2O4. The molecule has 1 fully saturated rings. The molecule has 1 aromatic carbocycles. The van der Waals surface area contributed by atoms with Crippen molar-refractivity contribution in [3.05, 3.63) is 35.4 Å². The van der Waals surface area contributed by atoms with E-state index in [4.69, 9.17) is 4.74 Å². The number of carbonyl (C=O) groups is 3. The molecule has 2 amide bonds. The van der Waals surface area contributed by atoms with Gasteiger partial charge < -0.3 is 15.0 Å². The maximum absolute atomic E-state index is 12.8. The van der Waals surface area contributed by atoms with E-state index in [-0.39, 0.29) is 24.3 Å². The van der Waals surface area contributed by atoms with Crippen LogP contribution in [0.3, 0.4) is 0 Å². The van der Waals surface area contributed by atoms with Gasteiger partial charge in [0.25, 0.3) is 5.91 Å². The van der Waals surface area contributed by atoms with Crippen LogP contribution in [0, 0.1) is 6.92 Å². The number of aryl methyl sites for hydroxylation is 1. The topological polar surface area (TPSA) is 75.7 Å². The highest BCUT2D eigenvalue weighted by Gasteiger charge is 2.36. The van der Waals surface area contributed by atoms with E-state index in [1.807, 2.05) is 26.0 Å². The summed E-state index contributed by atoms with van der Waals surface area (Å²) in [5.74, 6) is -1.01. The van der Waals surface area contributed by atoms with Crippen LogP contribution in [-0.4, -0.2) is 47.9 Å². The fourth-order valence-corrected chi connectivity index (χ4v) is 2.64. The zero-order valence-corrected chi connectivity index (χ0v) is 14.4. The van der Waals surface area contributed by atoms with Gasteiger partial charge in [-0.2, -0.15) is 0 Å². The SMILES string of the molecule is CCC(C)OC(=O)CC1C(=O)NCCN1C(=O)c1ccccc1C. The van der Waals surface area contributed by atoms with Crippen LogP contribution in [0.15, 0.2) is 24.3 Å². The maximum atomic E-state index is 12.8. The Morgan fingerprint density at radius 1 is 1.38 bits per heavy atom. The zero-order chi connectivity index (χ0) is 17.7. The Bertz CT molecular complexity index is 629. The van der Waals surface area contributed by atoms with E-state index in [1.165, 1.54) is 4.90 Å². The third-order valence-corrected chi connectivity index (χ3v) is 4.23. The number of nitrogens with zero attached hydrogens (tertiary/aromatic N) is 1. The second-order valence-corrected chi connectivity index (χ2v) is 6.03. The molecule has 0 spiro atoms. The zero-order valence-electron chi connectivity index (χ0n) is 14.4. The first kappa shape index (κ1) is 18.0. The Kier molecular flexibility index (Phi) is 5.95. The minimum atomic E-state index is -0.831. The standard InChI is InChI=1S/C18H24N2O4/c1-4-13(3)24-16(21)11-15-17(22)19-9-10-20(15)18(23)14-8-6-5-7-12(14)2/h5-8,13,15H,4,9-11H2,1-3H3,(H,19,22). The number of hydrogen-bond donors (Lipinski definition) is 1. The molecule has 1 heterocycles. The van der Waals surface area contributed by atoms with Gasteiger partial charge in [-0.1, -0.05) is 25.1 Å². The summed E-state index contributed by atoms with van der Waals surface area (Å²) < 4.78 is 5.25. The lowest BCUT2D eigenvalue weighted by molar-refractivity contribution is -0.151. The fourth-order valence-electron chi connectivity index (χ4n) is 2.64. The molecule has 1 aliphatic heterocycles. The van der Waals surface area contributed by atoms with Crippen molar-refractivity contribution >= 4 is 17.8 Å². The summed E-state index contributed by atoms with van der Waals surface area (Å²) in [5, 5.41) is 2.72. The molecule has 1 aliphatic rings. The predicted molar refractivity (Wildman–Crippen MR) is 89.5 cm³/mol. The first-order valence-corrected chi connectivity index (χ1v) is 8.27. The molecule has 24 heavy (non-hydrogen) atoms. The van der Waals surface area contributed by atoms with E-state index in [9.17, 15) is 14.4 Å². The molecule has 0 radical (unpaired) electrons. The summed E-state index contributed by atoms with van der Waals surface area (Å²) in [6, 6.07) is 6.40. The van der Waals surface area contributed by atoms with Crippen molar-refractivity contribution in [2.45, 2.75) is 45.8 Å². The lowest BCUT2D eigenvalue weighted by Gasteiger charge is -2.35. The van der Waals surface area contributed by atoms with Gasteiger partial charge in [0.15, 0.2) is 0 Å². The molecule has 2 unspecified atom stereocenters. The van der Waals surface area contributed by atoms with Gasteiger partial charge in [-0.25, -0.2) is 0 Å². The highest BCUT2D eigenvalue weighted by molar-refractivity contribution is 6.00. The number of hydrogen-bond acceptors (Lipinski definition) is 4. The molecule has 6 nitrogen and oxygen atoms in total. The van der Waals surface area contributed by atoms with Gasteiger partial charge in [-0.15, -0.1) is 0 Å². The van der Waals surface area contributed by atoms with Gasteiger partial charge >= 0.3 is 5.97 Å². The molecule has 1 aromatic rings. The highest BCUT2D eigenvalue weighted by Crippen LogP contribution is 2.17. The molecule has 0 aliphatic carbocycles. The van der Waals surface area contributed by atoms with Crippen LogP contribution in [-0.2, 0) is 14.3 Å². The van der Waals surface area contributed by atoms with Crippen LogP contribution in [0.2, 0.25) is 0 Å². The van der Waals surface area contributed by atoms with Crippen LogP contribution < -0.4 is 5.32 Å². The van der Waals surface area contributed by atoms with E-state index < -0.39 is 12.0 Å². The van der Waals surface area contributed by atoms with E-state index in [0.29, 0.717) is 25.1 Å². The lowest BCUT2D eigenvalue weighted by atomic mass is 10.0. The number of benzene rings is 1.